The van der Waals surface area contributed by atoms with Gasteiger partial charge in [-0.1, -0.05) is 60.7 Å². The molecule has 148 valence electrons. The van der Waals surface area contributed by atoms with Crippen molar-refractivity contribution in [1.82, 2.24) is 5.32 Å². The van der Waals surface area contributed by atoms with Gasteiger partial charge in [0.15, 0.2) is 6.04 Å². The molecule has 0 aliphatic carbocycles. The highest BCUT2D eigenvalue weighted by molar-refractivity contribution is 5.81. The van der Waals surface area contributed by atoms with Gasteiger partial charge in [0.05, 0.1) is 32.2 Å². The Morgan fingerprint density at radius 3 is 1.93 bits per heavy atom. The van der Waals surface area contributed by atoms with Gasteiger partial charge in [0, 0.05) is 12.8 Å². The highest BCUT2D eigenvalue weighted by Gasteiger charge is 2.34. The Bertz CT molecular complexity index is 731. The molecule has 3 rings (SSSR count). The highest BCUT2D eigenvalue weighted by Crippen LogP contribution is 2.21. The van der Waals surface area contributed by atoms with Crippen LogP contribution in [0.4, 0.5) is 0 Å². The van der Waals surface area contributed by atoms with Crippen molar-refractivity contribution >= 4 is 11.9 Å². The number of carbonyl (C=O) groups is 2. The second-order valence-electron chi connectivity index (χ2n) is 7.44. The van der Waals surface area contributed by atoms with E-state index in [0.29, 0.717) is 0 Å². The van der Waals surface area contributed by atoms with Crippen molar-refractivity contribution in [2.75, 3.05) is 20.2 Å². The number of carbonyl (C=O) groups excluding carboxylic acids is 2. The summed E-state index contributed by atoms with van der Waals surface area (Å²) >= 11 is 0. The number of methoxy groups -OCH3 is 1. The van der Waals surface area contributed by atoms with Crippen LogP contribution in [0.2, 0.25) is 0 Å². The number of likely N-dealkylation sites (tertiary alicyclic amines) is 1. The molecule has 0 saturated carbocycles. The number of hydrogen-bond acceptors (Lipinski definition) is 3. The molecular formula is C23H29N2O3+. The molecule has 1 aliphatic rings. The largest absolute Gasteiger partial charge is 0.469 e. The average molecular weight is 381 g/mol. The molecule has 2 aromatic carbocycles. The fourth-order valence-electron chi connectivity index (χ4n) is 3.93. The minimum atomic E-state index is -0.177. The maximum Gasteiger partial charge on any atom is 0.309 e. The zero-order chi connectivity index (χ0) is 19.9. The Labute approximate surface area is 166 Å². The number of benzene rings is 2. The molecule has 28 heavy (non-hydrogen) atoms. The molecule has 1 atom stereocenters. The van der Waals surface area contributed by atoms with E-state index in [1.54, 1.807) is 0 Å². The van der Waals surface area contributed by atoms with Crippen molar-refractivity contribution in [2.45, 2.75) is 31.8 Å². The van der Waals surface area contributed by atoms with Gasteiger partial charge in [0.25, 0.3) is 5.91 Å². The number of hydrogen-bond donors (Lipinski definition) is 2. The zero-order valence-electron chi connectivity index (χ0n) is 16.6. The Hall–Kier alpha value is -2.66. The van der Waals surface area contributed by atoms with Gasteiger partial charge in [-0.25, -0.2) is 0 Å². The summed E-state index contributed by atoms with van der Waals surface area (Å²) < 4.78 is 4.86. The number of rotatable bonds is 6. The highest BCUT2D eigenvalue weighted by atomic mass is 16.5. The zero-order valence-corrected chi connectivity index (χ0v) is 16.6. The molecule has 1 amide bonds. The molecule has 5 nitrogen and oxygen atoms in total. The summed E-state index contributed by atoms with van der Waals surface area (Å²) in [5.41, 5.74) is 2.13. The molecule has 1 aliphatic heterocycles. The maximum atomic E-state index is 13.0. The first kappa shape index (κ1) is 20.1. The fraction of sp³-hybridized carbons (Fsp3) is 0.391. The molecule has 0 spiro atoms. The molecule has 1 heterocycles. The molecule has 0 bridgehead atoms. The first-order chi connectivity index (χ1) is 13.6. The summed E-state index contributed by atoms with van der Waals surface area (Å²) in [6, 6.07) is 19.7. The molecule has 0 aromatic heterocycles. The van der Waals surface area contributed by atoms with Gasteiger partial charge in [-0.2, -0.15) is 0 Å². The van der Waals surface area contributed by atoms with Gasteiger partial charge < -0.3 is 15.0 Å². The predicted molar refractivity (Wildman–Crippen MR) is 108 cm³/mol. The van der Waals surface area contributed by atoms with Crippen molar-refractivity contribution < 1.29 is 19.2 Å². The number of ether oxygens (including phenoxy) is 1. The smallest absolute Gasteiger partial charge is 0.309 e. The van der Waals surface area contributed by atoms with Crippen LogP contribution in [0.15, 0.2) is 60.7 Å². The van der Waals surface area contributed by atoms with Crippen molar-refractivity contribution in [3.63, 3.8) is 0 Å². The summed E-state index contributed by atoms with van der Waals surface area (Å²) in [4.78, 5) is 26.0. The maximum absolute atomic E-state index is 13.0. The van der Waals surface area contributed by atoms with E-state index in [2.05, 4.69) is 5.32 Å². The molecule has 2 N–H and O–H groups in total. The van der Waals surface area contributed by atoms with Crippen molar-refractivity contribution in [1.29, 1.82) is 0 Å². The molecule has 2 aromatic rings. The van der Waals surface area contributed by atoms with E-state index in [-0.39, 0.29) is 29.9 Å². The number of piperidine rings is 1. The molecule has 1 saturated heterocycles. The normalized spacial score (nSPS) is 20.4. The van der Waals surface area contributed by atoms with E-state index in [4.69, 9.17) is 4.74 Å². The Morgan fingerprint density at radius 1 is 0.964 bits per heavy atom. The lowest BCUT2D eigenvalue weighted by molar-refractivity contribution is -0.919. The fourth-order valence-corrected chi connectivity index (χ4v) is 3.93. The van der Waals surface area contributed by atoms with E-state index in [9.17, 15) is 9.59 Å². The van der Waals surface area contributed by atoms with Crippen molar-refractivity contribution in [3.05, 3.63) is 71.8 Å². The second kappa shape index (κ2) is 9.51. The summed E-state index contributed by atoms with van der Waals surface area (Å²) in [7, 11) is 1.44. The van der Waals surface area contributed by atoms with Gasteiger partial charge >= 0.3 is 5.97 Å². The van der Waals surface area contributed by atoms with Crippen LogP contribution in [-0.2, 0) is 14.3 Å². The predicted octanol–water partition coefficient (Wildman–Crippen LogP) is 1.75. The van der Waals surface area contributed by atoms with Gasteiger partial charge in [-0.3, -0.25) is 9.59 Å². The van der Waals surface area contributed by atoms with E-state index < -0.39 is 0 Å². The number of nitrogens with one attached hydrogen (secondary N) is 2. The lowest BCUT2D eigenvalue weighted by atomic mass is 9.95. The van der Waals surface area contributed by atoms with Crippen LogP contribution in [0.25, 0.3) is 0 Å². The van der Waals surface area contributed by atoms with E-state index in [1.807, 2.05) is 67.6 Å². The first-order valence-electron chi connectivity index (χ1n) is 9.92. The lowest BCUT2D eigenvalue weighted by Gasteiger charge is -2.32. The van der Waals surface area contributed by atoms with Crippen LogP contribution in [0.1, 0.15) is 36.9 Å². The molecule has 1 fully saturated rings. The van der Waals surface area contributed by atoms with Gasteiger partial charge in [-0.05, 0) is 18.1 Å². The van der Waals surface area contributed by atoms with Crippen LogP contribution < -0.4 is 10.2 Å². The molecule has 5 heteroatoms. The van der Waals surface area contributed by atoms with Crippen LogP contribution in [0.5, 0.6) is 0 Å². The van der Waals surface area contributed by atoms with Crippen molar-refractivity contribution in [3.8, 4) is 0 Å². The van der Waals surface area contributed by atoms with Gasteiger partial charge in [-0.15, -0.1) is 0 Å². The lowest BCUT2D eigenvalue weighted by Crippen LogP contribution is -3.17. The third kappa shape index (κ3) is 4.78. The quantitative estimate of drug-likeness (QED) is 0.750. The van der Waals surface area contributed by atoms with E-state index >= 15 is 0 Å². The first-order valence-corrected chi connectivity index (χ1v) is 9.92. The third-order valence-corrected chi connectivity index (χ3v) is 5.72. The minimum absolute atomic E-state index is 0.0317. The van der Waals surface area contributed by atoms with E-state index in [1.165, 1.54) is 12.0 Å². The molecular weight excluding hydrogens is 352 g/mol. The summed E-state index contributed by atoms with van der Waals surface area (Å²) in [6.45, 7) is 3.57. The van der Waals surface area contributed by atoms with Crippen LogP contribution in [0.3, 0.4) is 0 Å². The Morgan fingerprint density at radius 2 is 1.46 bits per heavy atom. The second-order valence-corrected chi connectivity index (χ2v) is 7.44. The van der Waals surface area contributed by atoms with Crippen LogP contribution >= 0.6 is 0 Å². The standard InChI is InChI=1S/C23H28N2O3/c1-17(25-15-13-20(14-16-25)23(27)28-2)22(26)24-21(18-9-5-3-6-10-18)19-11-7-4-8-12-19/h3-12,17,20-21H,13-16H2,1-2H3,(H,24,26)/p+1/t17-/m1/s1. The minimum Gasteiger partial charge on any atom is -0.469 e. The van der Waals surface area contributed by atoms with E-state index in [0.717, 1.165) is 37.1 Å². The number of amides is 1. The number of esters is 1. The Balaban J connectivity index is 1.68. The summed E-state index contributed by atoms with van der Waals surface area (Å²) in [5.74, 6) is -0.140. The average Bonchev–Trinajstić information content (AvgIpc) is 2.77. The number of quaternary nitrogens is 1. The Kier molecular flexibility index (Phi) is 6.82. The van der Waals surface area contributed by atoms with Crippen LogP contribution in [-0.4, -0.2) is 38.1 Å². The van der Waals surface area contributed by atoms with Crippen molar-refractivity contribution in [2.24, 2.45) is 5.92 Å². The molecule has 0 radical (unpaired) electrons. The van der Waals surface area contributed by atoms with Gasteiger partial charge in [0.2, 0.25) is 0 Å². The summed E-state index contributed by atoms with van der Waals surface area (Å²) in [6.07, 6.45) is 1.53. The third-order valence-electron chi connectivity index (χ3n) is 5.72. The van der Waals surface area contributed by atoms with Gasteiger partial charge in [0.1, 0.15) is 0 Å². The topological polar surface area (TPSA) is 59.8 Å². The monoisotopic (exact) mass is 381 g/mol. The van der Waals surface area contributed by atoms with Crippen LogP contribution in [0, 0.1) is 5.92 Å². The SMILES string of the molecule is COC(=O)C1CC[NH+]([C@H](C)C(=O)NC(c2ccccc2)c2ccccc2)CC1. The summed E-state index contributed by atoms with van der Waals surface area (Å²) in [5, 5.41) is 3.24. The molecule has 0 unspecified atom stereocenters.